The van der Waals surface area contributed by atoms with E-state index < -0.39 is 6.10 Å². The molecule has 0 spiro atoms. The lowest BCUT2D eigenvalue weighted by atomic mass is 9.85. The maximum Gasteiger partial charge on any atom is 0.163 e. The number of allylic oxidation sites excluding steroid dienone is 4. The molecule has 2 heteroatoms. The first kappa shape index (κ1) is 19.7. The van der Waals surface area contributed by atoms with Gasteiger partial charge in [0.25, 0.3) is 0 Å². The Bertz CT molecular complexity index is 583. The molecular formula is C23H32O2. The number of rotatable bonds is 10. The monoisotopic (exact) mass is 340 g/mol. The normalized spacial score (nSPS) is 21.3. The van der Waals surface area contributed by atoms with Crippen molar-refractivity contribution in [3.63, 3.8) is 0 Å². The third kappa shape index (κ3) is 5.67. The third-order valence-electron chi connectivity index (χ3n) is 5.03. The highest BCUT2D eigenvalue weighted by atomic mass is 16.3. The molecule has 1 aliphatic carbocycles. The van der Waals surface area contributed by atoms with Crippen LogP contribution in [0.25, 0.3) is 0 Å². The lowest BCUT2D eigenvalue weighted by molar-refractivity contribution is -0.115. The highest BCUT2D eigenvalue weighted by Gasteiger charge is 2.30. The van der Waals surface area contributed by atoms with E-state index in [4.69, 9.17) is 0 Å². The summed E-state index contributed by atoms with van der Waals surface area (Å²) in [5.74, 6) is 0.378. The van der Waals surface area contributed by atoms with Crippen LogP contribution in [0.3, 0.4) is 0 Å². The molecule has 1 aromatic carbocycles. The van der Waals surface area contributed by atoms with Crippen LogP contribution in [0.1, 0.15) is 81.9 Å². The van der Waals surface area contributed by atoms with Crippen molar-refractivity contribution in [1.82, 2.24) is 0 Å². The zero-order chi connectivity index (χ0) is 18.1. The molecule has 2 rings (SSSR count). The van der Waals surface area contributed by atoms with Crippen LogP contribution in [0, 0.1) is 5.92 Å². The molecule has 0 amide bonds. The van der Waals surface area contributed by atoms with Crippen LogP contribution in [0.2, 0.25) is 0 Å². The van der Waals surface area contributed by atoms with Crippen LogP contribution in [-0.4, -0.2) is 10.9 Å². The predicted octanol–water partition coefficient (Wildman–Crippen LogP) is 5.89. The van der Waals surface area contributed by atoms with Gasteiger partial charge in [-0.2, -0.15) is 0 Å². The second kappa shape index (κ2) is 10.4. The van der Waals surface area contributed by atoms with Crippen molar-refractivity contribution in [2.75, 3.05) is 0 Å². The van der Waals surface area contributed by atoms with Gasteiger partial charge in [0.15, 0.2) is 5.78 Å². The van der Waals surface area contributed by atoms with Crippen LogP contribution < -0.4 is 0 Å². The van der Waals surface area contributed by atoms with Gasteiger partial charge in [0.2, 0.25) is 0 Å². The minimum absolute atomic E-state index is 0.0717. The molecule has 0 heterocycles. The zero-order valence-corrected chi connectivity index (χ0v) is 15.7. The number of carbonyl (C=O) groups is 1. The quantitative estimate of drug-likeness (QED) is 0.426. The van der Waals surface area contributed by atoms with Gasteiger partial charge < -0.3 is 5.11 Å². The summed E-state index contributed by atoms with van der Waals surface area (Å²) in [5.41, 5.74) is 2.02. The molecule has 136 valence electrons. The molecule has 1 N–H and O–H groups in total. The van der Waals surface area contributed by atoms with E-state index in [0.717, 1.165) is 56.1 Å². The van der Waals surface area contributed by atoms with Crippen molar-refractivity contribution in [2.24, 2.45) is 5.92 Å². The van der Waals surface area contributed by atoms with E-state index in [0.29, 0.717) is 0 Å². The fraction of sp³-hybridized carbons (Fsp3) is 0.522. The molecular weight excluding hydrogens is 308 g/mol. The van der Waals surface area contributed by atoms with Crippen molar-refractivity contribution in [3.8, 4) is 0 Å². The van der Waals surface area contributed by atoms with E-state index in [1.807, 2.05) is 24.3 Å². The van der Waals surface area contributed by atoms with E-state index >= 15 is 0 Å². The van der Waals surface area contributed by atoms with Crippen LogP contribution in [0.4, 0.5) is 0 Å². The summed E-state index contributed by atoms with van der Waals surface area (Å²) in [6, 6.07) is 8.02. The molecule has 3 atom stereocenters. The first-order chi connectivity index (χ1) is 12.2. The highest BCUT2D eigenvalue weighted by Crippen LogP contribution is 2.35. The van der Waals surface area contributed by atoms with Crippen molar-refractivity contribution in [1.29, 1.82) is 0 Å². The van der Waals surface area contributed by atoms with Crippen molar-refractivity contribution in [3.05, 3.63) is 59.7 Å². The molecule has 2 nitrogen and oxygen atoms in total. The Hall–Kier alpha value is -1.67. The summed E-state index contributed by atoms with van der Waals surface area (Å²) in [5, 5.41) is 10.3. The van der Waals surface area contributed by atoms with Gasteiger partial charge in [-0.3, -0.25) is 4.79 Å². The molecule has 1 unspecified atom stereocenters. The van der Waals surface area contributed by atoms with Gasteiger partial charge in [0.05, 0.1) is 12.0 Å². The molecule has 0 saturated carbocycles. The second-order valence-corrected chi connectivity index (χ2v) is 7.08. The van der Waals surface area contributed by atoms with Crippen LogP contribution >= 0.6 is 0 Å². The number of aliphatic hydroxyl groups excluding tert-OH is 1. The topological polar surface area (TPSA) is 37.3 Å². The Labute approximate surface area is 152 Å². The number of carbonyl (C=O) groups excluding carboxylic acids is 1. The minimum Gasteiger partial charge on any atom is -0.388 e. The maximum atomic E-state index is 12.3. The van der Waals surface area contributed by atoms with Crippen molar-refractivity contribution < 1.29 is 9.90 Å². The average molecular weight is 341 g/mol. The average Bonchev–Trinajstić information content (AvgIpc) is 2.99. The van der Waals surface area contributed by atoms with E-state index in [1.54, 1.807) is 6.08 Å². The number of benzene rings is 1. The summed E-state index contributed by atoms with van der Waals surface area (Å²) in [6.07, 6.45) is 15.1. The van der Waals surface area contributed by atoms with Gasteiger partial charge in [0, 0.05) is 0 Å². The summed E-state index contributed by atoms with van der Waals surface area (Å²) >= 11 is 0. The lowest BCUT2D eigenvalue weighted by Gasteiger charge is -2.18. The predicted molar refractivity (Wildman–Crippen MR) is 105 cm³/mol. The third-order valence-corrected chi connectivity index (χ3v) is 5.03. The summed E-state index contributed by atoms with van der Waals surface area (Å²) in [6.45, 7) is 4.34. The smallest absolute Gasteiger partial charge is 0.163 e. The van der Waals surface area contributed by atoms with Crippen LogP contribution in [-0.2, 0) is 4.79 Å². The number of hydrogen-bond donors (Lipinski definition) is 1. The Morgan fingerprint density at radius 2 is 1.84 bits per heavy atom. The summed E-state index contributed by atoms with van der Waals surface area (Å²) < 4.78 is 0. The molecule has 0 saturated heterocycles. The van der Waals surface area contributed by atoms with Gasteiger partial charge in [-0.25, -0.2) is 0 Å². The van der Waals surface area contributed by atoms with E-state index in [2.05, 4.69) is 32.1 Å². The number of aliphatic hydroxyl groups is 1. The second-order valence-electron chi connectivity index (χ2n) is 7.08. The molecule has 0 fully saturated rings. The van der Waals surface area contributed by atoms with Gasteiger partial charge >= 0.3 is 0 Å². The Morgan fingerprint density at radius 3 is 2.52 bits per heavy atom. The SMILES string of the molecule is CCCC=CC[C@H]1C=CC(=O)[C@@H]1c1ccc(C(O)CCCCC)cc1. The Balaban J connectivity index is 2.00. The van der Waals surface area contributed by atoms with Gasteiger partial charge in [-0.15, -0.1) is 0 Å². The fourth-order valence-corrected chi connectivity index (χ4v) is 3.49. The first-order valence-corrected chi connectivity index (χ1v) is 9.82. The number of unbranched alkanes of at least 4 members (excludes halogenated alkanes) is 3. The van der Waals surface area contributed by atoms with Crippen molar-refractivity contribution in [2.45, 2.75) is 70.8 Å². The largest absolute Gasteiger partial charge is 0.388 e. The van der Waals surface area contributed by atoms with Gasteiger partial charge in [-0.05, 0) is 42.4 Å². The summed E-state index contributed by atoms with van der Waals surface area (Å²) in [7, 11) is 0. The molecule has 0 aliphatic heterocycles. The first-order valence-electron chi connectivity index (χ1n) is 9.82. The standard InChI is InChI=1S/C23H32O2/c1-3-5-7-9-10-19-16-17-22(25)23(19)20-14-12-18(13-15-20)21(24)11-8-6-4-2/h7,9,12-17,19,21,23-24H,3-6,8,10-11H2,1-2H3/t19-,21?,23-/m0/s1. The summed E-state index contributed by atoms with van der Waals surface area (Å²) in [4.78, 5) is 12.3. The van der Waals surface area contributed by atoms with Crippen molar-refractivity contribution >= 4 is 5.78 Å². The number of ketones is 1. The van der Waals surface area contributed by atoms with Gasteiger partial charge in [0.1, 0.15) is 0 Å². The molecule has 1 aromatic rings. The molecule has 0 radical (unpaired) electrons. The zero-order valence-electron chi connectivity index (χ0n) is 15.7. The molecule has 25 heavy (non-hydrogen) atoms. The highest BCUT2D eigenvalue weighted by molar-refractivity contribution is 5.98. The van der Waals surface area contributed by atoms with E-state index in [-0.39, 0.29) is 17.6 Å². The minimum atomic E-state index is -0.397. The fourth-order valence-electron chi connectivity index (χ4n) is 3.49. The Morgan fingerprint density at radius 1 is 1.08 bits per heavy atom. The molecule has 0 bridgehead atoms. The molecule has 1 aliphatic rings. The van der Waals surface area contributed by atoms with Crippen LogP contribution in [0.15, 0.2) is 48.6 Å². The maximum absolute atomic E-state index is 12.3. The lowest BCUT2D eigenvalue weighted by Crippen LogP contribution is -2.13. The van der Waals surface area contributed by atoms with Gasteiger partial charge in [-0.1, -0.05) is 82.0 Å². The molecule has 0 aromatic heterocycles. The van der Waals surface area contributed by atoms with Crippen LogP contribution in [0.5, 0.6) is 0 Å². The van der Waals surface area contributed by atoms with E-state index in [9.17, 15) is 9.90 Å². The van der Waals surface area contributed by atoms with E-state index in [1.165, 1.54) is 0 Å². The Kier molecular flexibility index (Phi) is 8.14. The number of hydrogen-bond acceptors (Lipinski definition) is 2.